The van der Waals surface area contributed by atoms with E-state index in [9.17, 15) is 4.79 Å². The second-order valence-corrected chi connectivity index (χ2v) is 7.53. The van der Waals surface area contributed by atoms with Crippen LogP contribution in [0, 0.1) is 3.70 Å². The van der Waals surface area contributed by atoms with Crippen LogP contribution in [0.3, 0.4) is 0 Å². The zero-order valence-electron chi connectivity index (χ0n) is 15.0. The van der Waals surface area contributed by atoms with E-state index in [2.05, 4.69) is 37.7 Å². The largest absolute Gasteiger partial charge is 0.422 e. The number of nitrogen functional groups attached to an aromatic ring is 1. The fraction of sp³-hybridized carbons (Fsp3) is 0.0476. The predicted molar refractivity (Wildman–Crippen MR) is 119 cm³/mol. The van der Waals surface area contributed by atoms with Gasteiger partial charge in [0, 0.05) is 10.9 Å². The molecule has 29 heavy (non-hydrogen) atoms. The summed E-state index contributed by atoms with van der Waals surface area (Å²) in [5.41, 5.74) is 9.00. The van der Waals surface area contributed by atoms with E-state index in [0.29, 0.717) is 31.7 Å². The molecule has 5 rings (SSSR count). The van der Waals surface area contributed by atoms with E-state index < -0.39 is 5.63 Å². The Morgan fingerprint density at radius 1 is 1.03 bits per heavy atom. The number of nitrogens with zero attached hydrogens (tertiary/aromatic N) is 4. The van der Waals surface area contributed by atoms with Crippen molar-refractivity contribution in [3.63, 3.8) is 0 Å². The number of para-hydroxylation sites is 1. The van der Waals surface area contributed by atoms with Gasteiger partial charge in [-0.1, -0.05) is 48.5 Å². The molecule has 2 aromatic carbocycles. The number of nitrogens with two attached hydrogens (primary N) is 1. The van der Waals surface area contributed by atoms with Crippen molar-refractivity contribution in [2.75, 3.05) is 5.73 Å². The van der Waals surface area contributed by atoms with Crippen LogP contribution in [0.15, 0.2) is 70.1 Å². The first-order valence-corrected chi connectivity index (χ1v) is 9.94. The molecule has 0 aliphatic heterocycles. The summed E-state index contributed by atoms with van der Waals surface area (Å²) in [5.74, 6) is 0.361. The van der Waals surface area contributed by atoms with Crippen LogP contribution in [0.2, 0.25) is 0 Å². The smallest absolute Gasteiger partial charge is 0.341 e. The number of anilines is 1. The lowest BCUT2D eigenvalue weighted by Gasteiger charge is -2.12. The summed E-state index contributed by atoms with van der Waals surface area (Å²) in [6.07, 6.45) is 1.40. The third-order valence-corrected chi connectivity index (χ3v) is 5.55. The molecule has 0 fully saturated rings. The average Bonchev–Trinajstić information content (AvgIpc) is 3.06. The zero-order chi connectivity index (χ0) is 20.0. The van der Waals surface area contributed by atoms with E-state index in [1.807, 2.05) is 48.5 Å². The van der Waals surface area contributed by atoms with E-state index in [4.69, 9.17) is 10.2 Å². The van der Waals surface area contributed by atoms with E-state index >= 15 is 0 Å². The number of halogens is 1. The molecule has 0 bridgehead atoms. The van der Waals surface area contributed by atoms with Crippen molar-refractivity contribution in [3.8, 4) is 11.1 Å². The maximum absolute atomic E-state index is 13.0. The normalized spacial score (nSPS) is 11.3. The maximum Gasteiger partial charge on any atom is 0.341 e. The molecule has 0 spiro atoms. The number of benzene rings is 2. The fourth-order valence-electron chi connectivity index (χ4n) is 3.51. The maximum atomic E-state index is 13.0. The lowest BCUT2D eigenvalue weighted by Crippen LogP contribution is -2.15. The summed E-state index contributed by atoms with van der Waals surface area (Å²) >= 11 is 2.10. The second-order valence-electron chi connectivity index (χ2n) is 6.51. The minimum absolute atomic E-state index is 0.202. The van der Waals surface area contributed by atoms with Gasteiger partial charge < -0.3 is 10.2 Å². The first-order chi connectivity index (χ1) is 14.1. The zero-order valence-corrected chi connectivity index (χ0v) is 17.2. The van der Waals surface area contributed by atoms with Gasteiger partial charge in [-0.2, -0.15) is 5.10 Å². The lowest BCUT2D eigenvalue weighted by molar-refractivity contribution is 0.542. The molecular formula is C21H14IN5O2. The fourth-order valence-corrected chi connectivity index (χ4v) is 4.29. The van der Waals surface area contributed by atoms with Crippen molar-refractivity contribution < 1.29 is 4.42 Å². The van der Waals surface area contributed by atoms with E-state index in [-0.39, 0.29) is 6.54 Å². The van der Waals surface area contributed by atoms with Gasteiger partial charge in [-0.25, -0.2) is 19.4 Å². The number of hydrogen-bond acceptors (Lipinski definition) is 6. The van der Waals surface area contributed by atoms with Crippen molar-refractivity contribution in [3.05, 3.63) is 80.6 Å². The highest BCUT2D eigenvalue weighted by atomic mass is 127. The van der Waals surface area contributed by atoms with Crippen molar-refractivity contribution in [1.82, 2.24) is 19.7 Å². The molecule has 7 nitrogen and oxygen atoms in total. The standard InChI is InChI=1S/C21H14IN5O2/c22-18-17-19(23)24-11-25-20(17)27(26-18)10-14-16(12-6-2-1-3-7-12)13-8-4-5-9-15(13)29-21(14)28/h1-9,11H,10H2,(H2,23,24,25). The Kier molecular flexibility index (Phi) is 4.27. The van der Waals surface area contributed by atoms with Gasteiger partial charge in [0.05, 0.1) is 17.5 Å². The molecular weight excluding hydrogens is 481 g/mol. The van der Waals surface area contributed by atoms with E-state index in [1.54, 1.807) is 10.7 Å². The minimum Gasteiger partial charge on any atom is -0.422 e. The summed E-state index contributed by atoms with van der Waals surface area (Å²) in [5, 5.41) is 6.09. The van der Waals surface area contributed by atoms with Crippen LogP contribution in [-0.4, -0.2) is 19.7 Å². The molecule has 0 amide bonds. The van der Waals surface area contributed by atoms with Crippen LogP contribution in [-0.2, 0) is 6.54 Å². The van der Waals surface area contributed by atoms with Crippen LogP contribution in [0.1, 0.15) is 5.56 Å². The molecule has 0 unspecified atom stereocenters. The number of rotatable bonds is 3. The summed E-state index contributed by atoms with van der Waals surface area (Å²) < 4.78 is 7.97. The topological polar surface area (TPSA) is 99.8 Å². The van der Waals surface area contributed by atoms with Gasteiger partial charge in [-0.05, 0) is 34.2 Å². The third kappa shape index (κ3) is 2.96. The Hall–Kier alpha value is -3.27. The first kappa shape index (κ1) is 17.8. The number of hydrogen-bond donors (Lipinski definition) is 1. The van der Waals surface area contributed by atoms with Crippen molar-refractivity contribution in [2.45, 2.75) is 6.54 Å². The molecule has 2 N–H and O–H groups in total. The Balaban J connectivity index is 1.79. The van der Waals surface area contributed by atoms with Crippen LogP contribution in [0.4, 0.5) is 5.82 Å². The SMILES string of the molecule is Nc1ncnc2c1c(I)nn2Cc1c(-c2ccccc2)c2ccccc2oc1=O. The molecule has 8 heteroatoms. The van der Waals surface area contributed by atoms with Crippen LogP contribution in [0.5, 0.6) is 0 Å². The Labute approximate surface area is 178 Å². The highest BCUT2D eigenvalue weighted by molar-refractivity contribution is 14.1. The summed E-state index contributed by atoms with van der Waals surface area (Å²) in [7, 11) is 0. The van der Waals surface area contributed by atoms with E-state index in [1.165, 1.54) is 6.33 Å². The molecule has 0 atom stereocenters. The molecule has 0 saturated heterocycles. The van der Waals surface area contributed by atoms with Gasteiger partial charge >= 0.3 is 5.63 Å². The highest BCUT2D eigenvalue weighted by Gasteiger charge is 2.20. The minimum atomic E-state index is -0.400. The van der Waals surface area contributed by atoms with Crippen molar-refractivity contribution >= 4 is 50.4 Å². The van der Waals surface area contributed by atoms with Gasteiger partial charge in [0.25, 0.3) is 0 Å². The average molecular weight is 495 g/mol. The lowest BCUT2D eigenvalue weighted by atomic mass is 9.97. The second kappa shape index (κ2) is 6.96. The Morgan fingerprint density at radius 3 is 2.62 bits per heavy atom. The summed E-state index contributed by atoms with van der Waals surface area (Å²) in [6.45, 7) is 0.202. The monoisotopic (exact) mass is 495 g/mol. The molecule has 0 aliphatic rings. The van der Waals surface area contributed by atoms with Crippen LogP contribution in [0.25, 0.3) is 33.1 Å². The Bertz CT molecular complexity index is 1430. The summed E-state index contributed by atoms with van der Waals surface area (Å²) in [4.78, 5) is 21.3. The van der Waals surface area contributed by atoms with Gasteiger partial charge in [0.2, 0.25) is 0 Å². The van der Waals surface area contributed by atoms with Crippen LogP contribution < -0.4 is 11.4 Å². The highest BCUT2D eigenvalue weighted by Crippen LogP contribution is 2.31. The molecule has 3 heterocycles. The number of aromatic nitrogens is 4. The molecule has 142 valence electrons. The summed E-state index contributed by atoms with van der Waals surface area (Å²) in [6, 6.07) is 17.3. The van der Waals surface area contributed by atoms with Gasteiger partial charge in [0.1, 0.15) is 21.4 Å². The van der Waals surface area contributed by atoms with Crippen LogP contribution >= 0.6 is 22.6 Å². The number of fused-ring (bicyclic) bond motifs is 2. The van der Waals surface area contributed by atoms with Crippen molar-refractivity contribution in [1.29, 1.82) is 0 Å². The van der Waals surface area contributed by atoms with E-state index in [0.717, 1.165) is 16.5 Å². The molecule has 3 aromatic heterocycles. The van der Waals surface area contributed by atoms with Crippen molar-refractivity contribution in [2.24, 2.45) is 0 Å². The Morgan fingerprint density at radius 2 is 1.79 bits per heavy atom. The van der Waals surface area contributed by atoms with Gasteiger partial charge in [-0.3, -0.25) is 0 Å². The molecule has 0 saturated carbocycles. The van der Waals surface area contributed by atoms with Gasteiger partial charge in [0.15, 0.2) is 5.65 Å². The molecule has 0 radical (unpaired) electrons. The third-order valence-electron chi connectivity index (χ3n) is 4.79. The first-order valence-electron chi connectivity index (χ1n) is 8.86. The molecule has 0 aliphatic carbocycles. The predicted octanol–water partition coefficient (Wildman–Crippen LogP) is 3.83. The molecule has 5 aromatic rings. The van der Waals surface area contributed by atoms with Gasteiger partial charge in [-0.15, -0.1) is 0 Å². The quantitative estimate of drug-likeness (QED) is 0.302.